The third kappa shape index (κ3) is 2.33. The minimum Gasteiger partial charge on any atom is -0.346 e. The van der Waals surface area contributed by atoms with E-state index in [0.29, 0.717) is 6.54 Å². The normalized spacial score (nSPS) is 24.2. The molecule has 0 unspecified atom stereocenters. The van der Waals surface area contributed by atoms with Crippen molar-refractivity contribution in [2.75, 3.05) is 23.7 Å². The van der Waals surface area contributed by atoms with Crippen LogP contribution < -0.4 is 4.90 Å². The predicted octanol–water partition coefficient (Wildman–Crippen LogP) is 3.54. The second kappa shape index (κ2) is 5.65. The zero-order chi connectivity index (χ0) is 16.0. The van der Waals surface area contributed by atoms with E-state index in [-0.39, 0.29) is 0 Å². The second-order valence-corrected chi connectivity index (χ2v) is 8.25. The number of aliphatic hydroxyl groups is 1. The van der Waals surface area contributed by atoms with E-state index in [4.69, 9.17) is 0 Å². The summed E-state index contributed by atoms with van der Waals surface area (Å²) in [4.78, 5) is 3.34. The minimum atomic E-state index is -0.910. The number of nitrogens with zero attached hydrogens (tertiary/aromatic N) is 2. The van der Waals surface area contributed by atoms with E-state index < -0.39 is 5.72 Å². The topological polar surface area (TPSA) is 26.5 Å². The lowest BCUT2D eigenvalue weighted by atomic mass is 10.1. The molecule has 0 saturated carbocycles. The largest absolute Gasteiger partial charge is 0.346 e. The van der Waals surface area contributed by atoms with Crippen LogP contribution in [0.25, 0.3) is 0 Å². The average Bonchev–Trinajstić information content (AvgIpc) is 3.19. The van der Waals surface area contributed by atoms with Gasteiger partial charge in [-0.2, -0.15) is 0 Å². The average molecular weight is 346 g/mol. The van der Waals surface area contributed by atoms with Crippen molar-refractivity contribution in [3.8, 4) is 0 Å². The number of amidine groups is 1. The van der Waals surface area contributed by atoms with Crippen LogP contribution in [0.15, 0.2) is 35.7 Å². The summed E-state index contributed by atoms with van der Waals surface area (Å²) in [7, 11) is 0. The van der Waals surface area contributed by atoms with Gasteiger partial charge in [-0.05, 0) is 60.7 Å². The van der Waals surface area contributed by atoms with Crippen molar-refractivity contribution < 1.29 is 9.68 Å². The van der Waals surface area contributed by atoms with E-state index in [0.717, 1.165) is 23.6 Å². The molecular weight excluding hydrogens is 324 g/mol. The van der Waals surface area contributed by atoms with Gasteiger partial charge in [0, 0.05) is 5.75 Å². The Kier molecular flexibility index (Phi) is 3.75. The highest BCUT2D eigenvalue weighted by Crippen LogP contribution is 2.40. The molecule has 0 radical (unpaired) electrons. The van der Waals surface area contributed by atoms with Gasteiger partial charge in [0.1, 0.15) is 5.69 Å². The Morgan fingerprint density at radius 3 is 2.87 bits per heavy atom. The van der Waals surface area contributed by atoms with Crippen LogP contribution in [0.3, 0.4) is 0 Å². The number of β-amino-alcohol motifs (C(OH)–C–C–N with tert-alkyl or cyclic N) is 1. The van der Waals surface area contributed by atoms with E-state index in [2.05, 4.69) is 41.5 Å². The van der Waals surface area contributed by atoms with Gasteiger partial charge in [-0.15, -0.1) is 11.3 Å². The van der Waals surface area contributed by atoms with Crippen LogP contribution in [0.5, 0.6) is 0 Å². The fraction of sp³-hybridized carbons (Fsp3) is 0.389. The number of aryl methyl sites for hydroxylation is 1. The first-order valence-electron chi connectivity index (χ1n) is 7.99. The summed E-state index contributed by atoms with van der Waals surface area (Å²) in [6, 6.07) is 10.5. The molecule has 1 N–H and O–H groups in total. The molecule has 5 heteroatoms. The van der Waals surface area contributed by atoms with Crippen molar-refractivity contribution in [1.82, 2.24) is 0 Å². The minimum absolute atomic E-state index is 0.597. The zero-order valence-electron chi connectivity index (χ0n) is 13.5. The molecule has 3 nitrogen and oxygen atoms in total. The number of thiophene rings is 1. The van der Waals surface area contributed by atoms with Gasteiger partial charge in [0.15, 0.2) is 6.54 Å². The Morgan fingerprint density at radius 2 is 2.09 bits per heavy atom. The van der Waals surface area contributed by atoms with E-state index in [1.807, 2.05) is 29.3 Å². The molecule has 0 saturated heterocycles. The molecule has 0 bridgehead atoms. The van der Waals surface area contributed by atoms with Gasteiger partial charge in [0.25, 0.3) is 5.72 Å². The molecule has 120 valence electrons. The molecule has 2 aliphatic heterocycles. The van der Waals surface area contributed by atoms with Crippen molar-refractivity contribution in [2.45, 2.75) is 26.0 Å². The Labute approximate surface area is 145 Å². The van der Waals surface area contributed by atoms with Gasteiger partial charge in [-0.1, -0.05) is 18.2 Å². The Hall–Kier alpha value is -1.30. The molecule has 4 rings (SSSR count). The maximum Gasteiger partial charge on any atom is 0.316 e. The maximum absolute atomic E-state index is 11.5. The molecule has 0 aliphatic carbocycles. The first-order valence-corrected chi connectivity index (χ1v) is 9.85. The van der Waals surface area contributed by atoms with Crippen LogP contribution >= 0.6 is 23.1 Å². The van der Waals surface area contributed by atoms with Gasteiger partial charge in [-0.3, -0.25) is 0 Å². The second-order valence-electron chi connectivity index (χ2n) is 6.24. The number of hydrogen-bond acceptors (Lipinski definition) is 4. The molecule has 0 amide bonds. The fourth-order valence-electron chi connectivity index (χ4n) is 3.43. The van der Waals surface area contributed by atoms with E-state index in [1.54, 1.807) is 11.3 Å². The molecule has 2 aromatic rings. The molecule has 3 heterocycles. The van der Waals surface area contributed by atoms with Crippen LogP contribution in [-0.4, -0.2) is 33.7 Å². The summed E-state index contributed by atoms with van der Waals surface area (Å²) < 4.78 is 2.20. The third-order valence-electron chi connectivity index (χ3n) is 4.83. The first kappa shape index (κ1) is 15.2. The number of benzene rings is 1. The quantitative estimate of drug-likeness (QED) is 0.844. The molecule has 23 heavy (non-hydrogen) atoms. The summed E-state index contributed by atoms with van der Waals surface area (Å²) in [5.74, 6) is 1.12. The number of hydrogen-bond donors (Lipinski definition) is 1. The van der Waals surface area contributed by atoms with Crippen molar-refractivity contribution >= 4 is 34.0 Å². The summed E-state index contributed by atoms with van der Waals surface area (Å²) >= 11 is 3.50. The number of anilines is 1. The highest BCUT2D eigenvalue weighted by atomic mass is 32.2. The Morgan fingerprint density at radius 1 is 1.22 bits per heavy atom. The molecule has 0 fully saturated rings. The van der Waals surface area contributed by atoms with Gasteiger partial charge >= 0.3 is 5.17 Å². The monoisotopic (exact) mass is 345 g/mol. The van der Waals surface area contributed by atoms with Crippen LogP contribution in [0.4, 0.5) is 5.69 Å². The SMILES string of the molecule is Cc1cccc(N2C[C@](O)(c3cccs3)[N+]3=C2SCCC3)c1C. The van der Waals surface area contributed by atoms with Crippen LogP contribution in [0, 0.1) is 13.8 Å². The highest BCUT2D eigenvalue weighted by Gasteiger charge is 2.54. The van der Waals surface area contributed by atoms with Crippen LogP contribution in [0.2, 0.25) is 0 Å². The molecule has 1 aromatic carbocycles. The lowest BCUT2D eigenvalue weighted by Gasteiger charge is -2.22. The summed E-state index contributed by atoms with van der Waals surface area (Å²) in [5, 5.41) is 14.7. The van der Waals surface area contributed by atoms with Crippen molar-refractivity contribution in [2.24, 2.45) is 0 Å². The van der Waals surface area contributed by atoms with E-state index in [9.17, 15) is 5.11 Å². The van der Waals surface area contributed by atoms with Gasteiger partial charge in [0.05, 0.1) is 11.4 Å². The first-order chi connectivity index (χ1) is 11.1. The fourth-order valence-corrected chi connectivity index (χ4v) is 5.43. The summed E-state index contributed by atoms with van der Waals surface area (Å²) in [6.45, 7) is 5.83. The Balaban J connectivity index is 1.84. The molecule has 0 spiro atoms. The smallest absolute Gasteiger partial charge is 0.316 e. The van der Waals surface area contributed by atoms with Crippen LogP contribution in [0.1, 0.15) is 22.4 Å². The van der Waals surface area contributed by atoms with Crippen molar-refractivity contribution in [1.29, 1.82) is 0 Å². The molecule has 1 aromatic heterocycles. The lowest BCUT2D eigenvalue weighted by molar-refractivity contribution is -0.655. The zero-order valence-corrected chi connectivity index (χ0v) is 15.1. The van der Waals surface area contributed by atoms with Crippen molar-refractivity contribution in [3.63, 3.8) is 0 Å². The molecule has 2 aliphatic rings. The van der Waals surface area contributed by atoms with Crippen LogP contribution in [-0.2, 0) is 5.72 Å². The predicted molar refractivity (Wildman–Crippen MR) is 98.7 cm³/mol. The van der Waals surface area contributed by atoms with E-state index in [1.165, 1.54) is 22.0 Å². The number of thioether (sulfide) groups is 1. The molecule has 1 atom stereocenters. The standard InChI is InChI=1S/C18H21N2OS2/c1-13-6-3-7-15(14(13)2)19-12-18(21,16-8-4-10-22-16)20-9-5-11-23-17(19)20/h3-4,6-8,10,21H,5,9,11-12H2,1-2H3/q+1/t18-/m0/s1. The van der Waals surface area contributed by atoms with Crippen molar-refractivity contribution in [3.05, 3.63) is 51.7 Å². The van der Waals surface area contributed by atoms with Gasteiger partial charge < -0.3 is 5.11 Å². The summed E-state index contributed by atoms with van der Waals surface area (Å²) in [6.07, 6.45) is 1.11. The molecular formula is C18H21N2OS2+. The highest BCUT2D eigenvalue weighted by molar-refractivity contribution is 8.13. The van der Waals surface area contributed by atoms with E-state index >= 15 is 0 Å². The number of rotatable bonds is 2. The lowest BCUT2D eigenvalue weighted by Crippen LogP contribution is -2.40. The third-order valence-corrected chi connectivity index (χ3v) is 7.03. The maximum atomic E-state index is 11.5. The Bertz CT molecular complexity index is 769. The van der Waals surface area contributed by atoms with Gasteiger partial charge in [0.2, 0.25) is 0 Å². The summed E-state index contributed by atoms with van der Waals surface area (Å²) in [5.41, 5.74) is 2.89. The van der Waals surface area contributed by atoms with Gasteiger partial charge in [-0.25, -0.2) is 9.48 Å².